The summed E-state index contributed by atoms with van der Waals surface area (Å²) in [5, 5.41) is 2.64. The molecule has 0 saturated carbocycles. The molecule has 0 aliphatic heterocycles. The van der Waals surface area contributed by atoms with Crippen molar-refractivity contribution in [2.75, 3.05) is 5.32 Å². The lowest BCUT2D eigenvalue weighted by Crippen LogP contribution is -2.15. The van der Waals surface area contributed by atoms with Gasteiger partial charge in [-0.2, -0.15) is 0 Å². The second-order valence-corrected chi connectivity index (χ2v) is 6.96. The van der Waals surface area contributed by atoms with E-state index < -0.39 is 17.8 Å². The summed E-state index contributed by atoms with van der Waals surface area (Å²) < 4.78 is 15.8. The molecule has 0 aliphatic rings. The van der Waals surface area contributed by atoms with Crippen LogP contribution < -0.4 is 10.1 Å². The van der Waals surface area contributed by atoms with Crippen molar-refractivity contribution >= 4 is 23.5 Å². The third-order valence-corrected chi connectivity index (χ3v) is 4.63. The first kappa shape index (κ1) is 21.6. The van der Waals surface area contributed by atoms with Gasteiger partial charge in [0.05, 0.1) is 23.1 Å². The van der Waals surface area contributed by atoms with E-state index in [1.54, 1.807) is 78.9 Å². The van der Waals surface area contributed by atoms with E-state index in [2.05, 4.69) is 5.32 Å². The van der Waals surface area contributed by atoms with Crippen LogP contribution in [0.1, 0.15) is 36.8 Å². The topological polar surface area (TPSA) is 94.8 Å². The maximum atomic E-state index is 12.7. The van der Waals surface area contributed by atoms with Gasteiger partial charge in [-0.3, -0.25) is 4.79 Å². The second kappa shape index (κ2) is 10.1. The van der Waals surface area contributed by atoms with Crippen molar-refractivity contribution in [3.05, 3.63) is 120 Å². The molecule has 1 amide bonds. The van der Waals surface area contributed by atoms with Gasteiger partial charge in [-0.1, -0.05) is 42.5 Å². The van der Waals surface area contributed by atoms with Crippen LogP contribution in [0.15, 0.2) is 102 Å². The van der Waals surface area contributed by atoms with Crippen molar-refractivity contribution in [1.29, 1.82) is 0 Å². The number of rotatable bonds is 7. The number of ether oxygens (including phenoxy) is 2. The van der Waals surface area contributed by atoms with E-state index in [4.69, 9.17) is 13.9 Å². The molecular formula is C26H19NO6. The number of esters is 2. The lowest BCUT2D eigenvalue weighted by atomic mass is 10.1. The van der Waals surface area contributed by atoms with E-state index in [-0.39, 0.29) is 17.9 Å². The number of furan rings is 1. The van der Waals surface area contributed by atoms with Gasteiger partial charge < -0.3 is 19.2 Å². The lowest BCUT2D eigenvalue weighted by Gasteiger charge is -2.11. The molecule has 7 nitrogen and oxygen atoms in total. The second-order valence-electron chi connectivity index (χ2n) is 6.96. The monoisotopic (exact) mass is 441 g/mol. The normalized spacial score (nSPS) is 10.3. The molecule has 3 aromatic carbocycles. The predicted molar refractivity (Wildman–Crippen MR) is 120 cm³/mol. The number of carbonyl (C=O) groups is 3. The smallest absolute Gasteiger partial charge is 0.343 e. The highest BCUT2D eigenvalue weighted by molar-refractivity contribution is 6.06. The Balaban J connectivity index is 1.41. The standard InChI is InChI=1S/C26H19NO6/c28-24(23-14-7-15-31-23)27-22-13-5-4-12-21(22)26(30)32-17-18-8-6-9-19(16-18)25(29)33-20-10-2-1-3-11-20/h1-16H,17H2,(H,27,28). The average Bonchev–Trinajstić information content (AvgIpc) is 3.39. The number of hydrogen-bond donors (Lipinski definition) is 1. The lowest BCUT2D eigenvalue weighted by molar-refractivity contribution is 0.0474. The van der Waals surface area contributed by atoms with E-state index in [0.29, 0.717) is 22.6 Å². The van der Waals surface area contributed by atoms with Crippen LogP contribution in [0.4, 0.5) is 5.69 Å². The minimum atomic E-state index is -0.623. The molecule has 4 aromatic rings. The maximum absolute atomic E-state index is 12.7. The molecule has 0 unspecified atom stereocenters. The molecule has 0 atom stereocenters. The van der Waals surface area contributed by atoms with Gasteiger partial charge in [0.1, 0.15) is 12.4 Å². The molecule has 7 heteroatoms. The minimum absolute atomic E-state index is 0.0637. The molecule has 1 aromatic heterocycles. The third kappa shape index (κ3) is 5.54. The molecule has 1 N–H and O–H groups in total. The first-order chi connectivity index (χ1) is 16.1. The first-order valence-electron chi connectivity index (χ1n) is 10.1. The Morgan fingerprint density at radius 2 is 1.58 bits per heavy atom. The van der Waals surface area contributed by atoms with Crippen LogP contribution in [0.2, 0.25) is 0 Å². The Hall–Kier alpha value is -4.65. The summed E-state index contributed by atoms with van der Waals surface area (Å²) in [6, 6.07) is 25.0. The molecule has 164 valence electrons. The highest BCUT2D eigenvalue weighted by atomic mass is 16.5. The SMILES string of the molecule is O=C(Oc1ccccc1)c1cccc(COC(=O)c2ccccc2NC(=O)c2ccco2)c1. The van der Waals surface area contributed by atoms with E-state index in [1.165, 1.54) is 12.3 Å². The highest BCUT2D eigenvalue weighted by Gasteiger charge is 2.17. The number of anilines is 1. The van der Waals surface area contributed by atoms with E-state index >= 15 is 0 Å². The first-order valence-corrected chi connectivity index (χ1v) is 10.1. The van der Waals surface area contributed by atoms with Crippen molar-refractivity contribution in [2.45, 2.75) is 6.61 Å². The molecule has 0 fully saturated rings. The van der Waals surface area contributed by atoms with Crippen molar-refractivity contribution in [3.63, 3.8) is 0 Å². The molecule has 33 heavy (non-hydrogen) atoms. The number of nitrogens with one attached hydrogen (secondary N) is 1. The molecular weight excluding hydrogens is 422 g/mol. The summed E-state index contributed by atoms with van der Waals surface area (Å²) in [6.45, 7) is -0.0637. The van der Waals surface area contributed by atoms with Crippen molar-refractivity contribution in [3.8, 4) is 5.75 Å². The maximum Gasteiger partial charge on any atom is 0.343 e. The van der Waals surface area contributed by atoms with E-state index in [1.807, 2.05) is 6.07 Å². The van der Waals surface area contributed by atoms with Crippen molar-refractivity contribution in [2.24, 2.45) is 0 Å². The molecule has 0 saturated heterocycles. The summed E-state index contributed by atoms with van der Waals surface area (Å²) in [5.41, 5.74) is 1.43. The molecule has 0 aliphatic carbocycles. The van der Waals surface area contributed by atoms with Crippen molar-refractivity contribution < 1.29 is 28.3 Å². The Morgan fingerprint density at radius 3 is 2.36 bits per heavy atom. The Bertz CT molecular complexity index is 1260. The Morgan fingerprint density at radius 1 is 0.788 bits per heavy atom. The fraction of sp³-hybridized carbons (Fsp3) is 0.0385. The minimum Gasteiger partial charge on any atom is -0.459 e. The highest BCUT2D eigenvalue weighted by Crippen LogP contribution is 2.19. The van der Waals surface area contributed by atoms with Gasteiger partial charge in [-0.05, 0) is 54.1 Å². The van der Waals surface area contributed by atoms with Gasteiger partial charge in [0.15, 0.2) is 5.76 Å². The number of amides is 1. The van der Waals surface area contributed by atoms with Gasteiger partial charge in [0, 0.05) is 0 Å². The van der Waals surface area contributed by atoms with Gasteiger partial charge >= 0.3 is 11.9 Å². The number of hydrogen-bond acceptors (Lipinski definition) is 6. The largest absolute Gasteiger partial charge is 0.459 e. The van der Waals surface area contributed by atoms with Gasteiger partial charge in [0.25, 0.3) is 5.91 Å². The van der Waals surface area contributed by atoms with Crippen LogP contribution >= 0.6 is 0 Å². The molecule has 0 spiro atoms. The van der Waals surface area contributed by atoms with Gasteiger partial charge in [-0.25, -0.2) is 9.59 Å². The fourth-order valence-electron chi connectivity index (χ4n) is 3.03. The molecule has 4 rings (SSSR count). The van der Waals surface area contributed by atoms with Crippen LogP contribution in [-0.4, -0.2) is 17.8 Å². The summed E-state index contributed by atoms with van der Waals surface area (Å²) in [7, 11) is 0. The summed E-state index contributed by atoms with van der Waals surface area (Å²) >= 11 is 0. The summed E-state index contributed by atoms with van der Waals surface area (Å²) in [6.07, 6.45) is 1.39. The number of para-hydroxylation sites is 2. The zero-order valence-electron chi connectivity index (χ0n) is 17.4. The average molecular weight is 441 g/mol. The number of carbonyl (C=O) groups excluding carboxylic acids is 3. The fourth-order valence-corrected chi connectivity index (χ4v) is 3.03. The van der Waals surface area contributed by atoms with Crippen LogP contribution in [0.5, 0.6) is 5.75 Å². The predicted octanol–water partition coefficient (Wildman–Crippen LogP) is 5.11. The van der Waals surface area contributed by atoms with Crippen LogP contribution in [0, 0.1) is 0 Å². The van der Waals surface area contributed by atoms with E-state index in [9.17, 15) is 14.4 Å². The Kier molecular flexibility index (Phi) is 6.61. The quantitative estimate of drug-likeness (QED) is 0.316. The van der Waals surface area contributed by atoms with Gasteiger partial charge in [-0.15, -0.1) is 0 Å². The zero-order chi connectivity index (χ0) is 23.0. The third-order valence-electron chi connectivity index (χ3n) is 4.63. The molecule has 1 heterocycles. The van der Waals surface area contributed by atoms with Crippen LogP contribution in [0.25, 0.3) is 0 Å². The van der Waals surface area contributed by atoms with Gasteiger partial charge in [0.2, 0.25) is 0 Å². The summed E-state index contributed by atoms with van der Waals surface area (Å²) in [5.74, 6) is -1.06. The van der Waals surface area contributed by atoms with Crippen molar-refractivity contribution in [1.82, 2.24) is 0 Å². The van der Waals surface area contributed by atoms with Crippen LogP contribution in [0.3, 0.4) is 0 Å². The Labute approximate surface area is 189 Å². The van der Waals surface area contributed by atoms with Crippen LogP contribution in [-0.2, 0) is 11.3 Å². The molecule has 0 radical (unpaired) electrons. The zero-order valence-corrected chi connectivity index (χ0v) is 17.4. The molecule has 0 bridgehead atoms. The number of benzene rings is 3. The summed E-state index contributed by atoms with van der Waals surface area (Å²) in [4.78, 5) is 37.3. The van der Waals surface area contributed by atoms with E-state index in [0.717, 1.165) is 0 Å².